The van der Waals surface area contributed by atoms with Gasteiger partial charge in [0.2, 0.25) is 0 Å². The van der Waals surface area contributed by atoms with Crippen molar-refractivity contribution in [1.82, 2.24) is 9.88 Å². The molecule has 1 aromatic heterocycles. The number of aliphatic hydroxyl groups excluding tert-OH is 1. The first-order valence-corrected chi connectivity index (χ1v) is 6.04. The van der Waals surface area contributed by atoms with Crippen molar-refractivity contribution >= 4 is 11.6 Å². The van der Waals surface area contributed by atoms with Gasteiger partial charge in [0.25, 0.3) is 0 Å². The number of aliphatic hydroxyl groups is 1. The highest BCUT2D eigenvalue weighted by atomic mass is 35.5. The van der Waals surface area contributed by atoms with Crippen LogP contribution < -0.4 is 0 Å². The Morgan fingerprint density at radius 3 is 3.12 bits per heavy atom. The van der Waals surface area contributed by atoms with Gasteiger partial charge in [0, 0.05) is 24.3 Å². The molecule has 1 aromatic rings. The van der Waals surface area contributed by atoms with Crippen molar-refractivity contribution in [3.05, 3.63) is 29.0 Å². The van der Waals surface area contributed by atoms with E-state index in [9.17, 15) is 5.11 Å². The molecule has 1 saturated heterocycles. The molecule has 1 fully saturated rings. The summed E-state index contributed by atoms with van der Waals surface area (Å²) < 4.78 is 0. The molecule has 1 N–H and O–H groups in total. The maximum Gasteiger partial charge on any atom is 0.133 e. The number of pyridine rings is 1. The normalized spacial score (nSPS) is 26.2. The van der Waals surface area contributed by atoms with Crippen molar-refractivity contribution in [2.75, 3.05) is 13.2 Å². The van der Waals surface area contributed by atoms with Gasteiger partial charge in [0.05, 0.1) is 6.61 Å². The zero-order chi connectivity index (χ0) is 11.5. The van der Waals surface area contributed by atoms with Gasteiger partial charge in [-0.3, -0.25) is 4.90 Å². The van der Waals surface area contributed by atoms with E-state index in [1.807, 2.05) is 12.1 Å². The fourth-order valence-electron chi connectivity index (χ4n) is 2.34. The highest BCUT2D eigenvalue weighted by Gasteiger charge is 2.30. The van der Waals surface area contributed by atoms with Crippen molar-refractivity contribution in [1.29, 1.82) is 0 Å². The van der Waals surface area contributed by atoms with Gasteiger partial charge in [-0.1, -0.05) is 24.6 Å². The van der Waals surface area contributed by atoms with E-state index in [4.69, 9.17) is 11.6 Å². The average molecular weight is 241 g/mol. The summed E-state index contributed by atoms with van der Waals surface area (Å²) in [6, 6.07) is 4.15. The first-order chi connectivity index (χ1) is 7.72. The molecule has 2 rings (SSSR count). The van der Waals surface area contributed by atoms with Crippen LogP contribution in [0, 0.1) is 5.92 Å². The second-order valence-corrected chi connectivity index (χ2v) is 4.80. The Balaban J connectivity index is 2.08. The van der Waals surface area contributed by atoms with E-state index in [2.05, 4.69) is 16.8 Å². The van der Waals surface area contributed by atoms with Crippen LogP contribution in [0.1, 0.15) is 18.9 Å². The molecule has 2 heterocycles. The Kier molecular flexibility index (Phi) is 3.79. The van der Waals surface area contributed by atoms with Crippen molar-refractivity contribution in [3.63, 3.8) is 0 Å². The van der Waals surface area contributed by atoms with E-state index in [1.54, 1.807) is 6.20 Å². The standard InChI is InChI=1S/C12H17ClN2O/c1-9-4-6-15(11(9)8-16)7-10-3-2-5-14-12(10)13/h2-3,5,9,11,16H,4,6-8H2,1H3. The highest BCUT2D eigenvalue weighted by molar-refractivity contribution is 6.30. The van der Waals surface area contributed by atoms with E-state index in [1.165, 1.54) is 0 Å². The first-order valence-electron chi connectivity index (χ1n) is 5.66. The number of hydrogen-bond donors (Lipinski definition) is 1. The molecule has 1 aliphatic rings. The third-order valence-electron chi connectivity index (χ3n) is 3.39. The molecule has 0 spiro atoms. The predicted molar refractivity (Wildman–Crippen MR) is 64.3 cm³/mol. The van der Waals surface area contributed by atoms with Gasteiger partial charge >= 0.3 is 0 Å². The summed E-state index contributed by atoms with van der Waals surface area (Å²) in [6.45, 7) is 4.21. The lowest BCUT2D eigenvalue weighted by Crippen LogP contribution is -2.34. The molecule has 0 aliphatic carbocycles. The molecule has 4 heteroatoms. The third kappa shape index (κ3) is 2.37. The lowest BCUT2D eigenvalue weighted by molar-refractivity contribution is 0.134. The minimum Gasteiger partial charge on any atom is -0.395 e. The van der Waals surface area contributed by atoms with Crippen molar-refractivity contribution in [2.24, 2.45) is 5.92 Å². The molecule has 0 amide bonds. The Bertz CT molecular complexity index is 359. The molecule has 2 atom stereocenters. The third-order valence-corrected chi connectivity index (χ3v) is 3.73. The van der Waals surface area contributed by atoms with Gasteiger partial charge in [0.15, 0.2) is 0 Å². The molecular weight excluding hydrogens is 224 g/mol. The van der Waals surface area contributed by atoms with Crippen LogP contribution in [0.15, 0.2) is 18.3 Å². The summed E-state index contributed by atoms with van der Waals surface area (Å²) >= 11 is 6.03. The number of aromatic nitrogens is 1. The zero-order valence-electron chi connectivity index (χ0n) is 9.43. The number of likely N-dealkylation sites (tertiary alicyclic amines) is 1. The fourth-order valence-corrected chi connectivity index (χ4v) is 2.51. The molecule has 1 aliphatic heterocycles. The minimum atomic E-state index is 0.221. The summed E-state index contributed by atoms with van der Waals surface area (Å²) in [5.41, 5.74) is 1.04. The fraction of sp³-hybridized carbons (Fsp3) is 0.583. The van der Waals surface area contributed by atoms with Crippen LogP contribution in [0.4, 0.5) is 0 Å². The van der Waals surface area contributed by atoms with Crippen LogP contribution in [-0.2, 0) is 6.54 Å². The van der Waals surface area contributed by atoms with Crippen LogP contribution in [0.5, 0.6) is 0 Å². The molecule has 0 saturated carbocycles. The summed E-state index contributed by atoms with van der Waals surface area (Å²) in [5, 5.41) is 9.93. The molecule has 0 aromatic carbocycles. The van der Waals surface area contributed by atoms with Crippen LogP contribution >= 0.6 is 11.6 Å². The summed E-state index contributed by atoms with van der Waals surface area (Å²) in [7, 11) is 0. The van der Waals surface area contributed by atoms with E-state index in [-0.39, 0.29) is 12.6 Å². The quantitative estimate of drug-likeness (QED) is 0.821. The number of hydrogen-bond acceptors (Lipinski definition) is 3. The van der Waals surface area contributed by atoms with Gasteiger partial charge in [-0.25, -0.2) is 4.98 Å². The zero-order valence-corrected chi connectivity index (χ0v) is 10.2. The highest BCUT2D eigenvalue weighted by Crippen LogP contribution is 2.26. The van der Waals surface area contributed by atoms with Crippen molar-refractivity contribution in [3.8, 4) is 0 Å². The smallest absolute Gasteiger partial charge is 0.133 e. The molecule has 0 radical (unpaired) electrons. The average Bonchev–Trinajstić information content (AvgIpc) is 2.63. The lowest BCUT2D eigenvalue weighted by atomic mass is 10.0. The molecule has 88 valence electrons. The minimum absolute atomic E-state index is 0.221. The predicted octanol–water partition coefficient (Wildman–Crippen LogP) is 1.94. The number of halogens is 1. The maximum absolute atomic E-state index is 9.36. The van der Waals surface area contributed by atoms with E-state index < -0.39 is 0 Å². The van der Waals surface area contributed by atoms with Crippen LogP contribution in [0.25, 0.3) is 0 Å². The second-order valence-electron chi connectivity index (χ2n) is 4.44. The summed E-state index contributed by atoms with van der Waals surface area (Å²) in [6.07, 6.45) is 2.84. The maximum atomic E-state index is 9.36. The Labute approximate surface area is 101 Å². The van der Waals surface area contributed by atoms with E-state index in [0.717, 1.165) is 25.1 Å². The topological polar surface area (TPSA) is 36.4 Å². The molecular formula is C12H17ClN2O. The van der Waals surface area contributed by atoms with Crippen LogP contribution in [0.3, 0.4) is 0 Å². The number of nitrogens with zero attached hydrogens (tertiary/aromatic N) is 2. The molecule has 16 heavy (non-hydrogen) atoms. The van der Waals surface area contributed by atoms with Gasteiger partial charge in [-0.05, 0) is 24.9 Å². The monoisotopic (exact) mass is 240 g/mol. The van der Waals surface area contributed by atoms with Gasteiger partial charge < -0.3 is 5.11 Å². The molecule has 3 nitrogen and oxygen atoms in total. The van der Waals surface area contributed by atoms with E-state index in [0.29, 0.717) is 11.1 Å². The second kappa shape index (κ2) is 5.13. The molecule has 2 unspecified atom stereocenters. The van der Waals surface area contributed by atoms with Crippen LogP contribution in [0.2, 0.25) is 5.15 Å². The summed E-state index contributed by atoms with van der Waals surface area (Å²) in [4.78, 5) is 6.35. The lowest BCUT2D eigenvalue weighted by Gasteiger charge is -2.25. The Hall–Kier alpha value is -0.640. The van der Waals surface area contributed by atoms with Crippen molar-refractivity contribution in [2.45, 2.75) is 25.9 Å². The Morgan fingerprint density at radius 2 is 2.44 bits per heavy atom. The van der Waals surface area contributed by atoms with Gasteiger partial charge in [0.1, 0.15) is 5.15 Å². The van der Waals surface area contributed by atoms with Crippen LogP contribution in [-0.4, -0.2) is 34.2 Å². The first kappa shape index (κ1) is 11.8. The van der Waals surface area contributed by atoms with Crippen molar-refractivity contribution < 1.29 is 5.11 Å². The summed E-state index contributed by atoms with van der Waals surface area (Å²) in [5.74, 6) is 0.556. The van der Waals surface area contributed by atoms with Gasteiger partial charge in [-0.2, -0.15) is 0 Å². The molecule has 0 bridgehead atoms. The largest absolute Gasteiger partial charge is 0.395 e. The SMILES string of the molecule is CC1CCN(Cc2cccnc2Cl)C1CO. The van der Waals surface area contributed by atoms with Gasteiger partial charge in [-0.15, -0.1) is 0 Å². The van der Waals surface area contributed by atoms with E-state index >= 15 is 0 Å². The number of rotatable bonds is 3. The Morgan fingerprint density at radius 1 is 1.62 bits per heavy atom.